The lowest BCUT2D eigenvalue weighted by molar-refractivity contribution is 0.0996. The number of hydrogen-bond acceptors (Lipinski definition) is 7. The predicted molar refractivity (Wildman–Crippen MR) is 87.9 cm³/mol. The molecule has 4 rings (SSSR count). The largest absolute Gasteiger partial charge is 0.459 e. The maximum absolute atomic E-state index is 12.1. The van der Waals surface area contributed by atoms with Crippen LogP contribution in [0.15, 0.2) is 29.1 Å². The topological polar surface area (TPSA) is 97.9 Å². The minimum absolute atomic E-state index is 0.235. The zero-order valence-electron chi connectivity index (χ0n) is 12.3. The fraction of sp³-hybridized carbons (Fsp3) is 0.143. The van der Waals surface area contributed by atoms with Crippen LogP contribution >= 0.6 is 11.3 Å². The number of aryl methyl sites for hydroxylation is 1. The van der Waals surface area contributed by atoms with Crippen LogP contribution in [0, 0.1) is 0 Å². The van der Waals surface area contributed by atoms with Crippen LogP contribution in [0.2, 0.25) is 0 Å². The Kier molecular flexibility index (Phi) is 3.01. The van der Waals surface area contributed by atoms with Crippen molar-refractivity contribution in [2.75, 3.05) is 17.7 Å². The molecule has 0 aliphatic heterocycles. The van der Waals surface area contributed by atoms with Crippen molar-refractivity contribution in [2.24, 2.45) is 7.05 Å². The maximum atomic E-state index is 12.1. The summed E-state index contributed by atoms with van der Waals surface area (Å²) in [6.07, 6.45) is 3.17. The average molecular weight is 328 g/mol. The number of pyridine rings is 1. The minimum Gasteiger partial charge on any atom is -0.459 e. The van der Waals surface area contributed by atoms with Gasteiger partial charge in [-0.1, -0.05) is 11.3 Å². The molecule has 0 atom stereocenters. The summed E-state index contributed by atoms with van der Waals surface area (Å²) in [6.45, 7) is 0. The Bertz CT molecular complexity index is 1020. The summed E-state index contributed by atoms with van der Waals surface area (Å²) in [5.74, 6) is 0.573. The van der Waals surface area contributed by atoms with Crippen LogP contribution in [0.1, 0.15) is 10.6 Å². The van der Waals surface area contributed by atoms with Gasteiger partial charge in [0.05, 0.1) is 12.6 Å². The molecule has 0 spiro atoms. The molecule has 0 aliphatic rings. The molecule has 8 nitrogen and oxygen atoms in total. The first kappa shape index (κ1) is 13.7. The Hall–Kier alpha value is -2.94. The van der Waals surface area contributed by atoms with E-state index in [4.69, 9.17) is 4.42 Å². The van der Waals surface area contributed by atoms with Gasteiger partial charge in [-0.05, 0) is 12.1 Å². The highest BCUT2D eigenvalue weighted by molar-refractivity contribution is 7.22. The van der Waals surface area contributed by atoms with E-state index in [1.165, 1.54) is 17.6 Å². The van der Waals surface area contributed by atoms with Gasteiger partial charge < -0.3 is 14.3 Å². The van der Waals surface area contributed by atoms with E-state index in [-0.39, 0.29) is 11.7 Å². The second-order valence-corrected chi connectivity index (χ2v) is 5.84. The number of rotatable bonds is 3. The summed E-state index contributed by atoms with van der Waals surface area (Å²) in [7, 11) is 3.69. The first-order valence-corrected chi connectivity index (χ1v) is 7.63. The number of nitrogens with zero attached hydrogens (tertiary/aromatic N) is 4. The second-order valence-electron chi connectivity index (χ2n) is 4.87. The van der Waals surface area contributed by atoms with Gasteiger partial charge >= 0.3 is 0 Å². The lowest BCUT2D eigenvalue weighted by Crippen LogP contribution is -2.10. The van der Waals surface area contributed by atoms with E-state index < -0.39 is 0 Å². The van der Waals surface area contributed by atoms with E-state index in [0.717, 1.165) is 15.9 Å². The SMILES string of the molecule is CNc1nc2sc(NC(=O)c3ccco3)nc2c2c1ncn2C. The number of thiazole rings is 1. The molecule has 0 saturated carbocycles. The van der Waals surface area contributed by atoms with Crippen molar-refractivity contribution in [2.45, 2.75) is 0 Å². The third-order valence-corrected chi connectivity index (χ3v) is 4.28. The highest BCUT2D eigenvalue weighted by Gasteiger charge is 2.18. The molecule has 1 amide bonds. The number of carbonyl (C=O) groups is 1. The Morgan fingerprint density at radius 1 is 1.35 bits per heavy atom. The summed E-state index contributed by atoms with van der Waals surface area (Å²) >= 11 is 1.30. The lowest BCUT2D eigenvalue weighted by Gasteiger charge is -2.01. The number of hydrogen-bond donors (Lipinski definition) is 2. The molecule has 0 bridgehead atoms. The number of amides is 1. The van der Waals surface area contributed by atoms with Crippen LogP contribution in [0.3, 0.4) is 0 Å². The van der Waals surface area contributed by atoms with Crippen LogP contribution in [-0.4, -0.2) is 32.5 Å². The van der Waals surface area contributed by atoms with Crippen molar-refractivity contribution in [3.05, 3.63) is 30.5 Å². The highest BCUT2D eigenvalue weighted by atomic mass is 32.1. The van der Waals surface area contributed by atoms with E-state index in [2.05, 4.69) is 25.6 Å². The number of nitrogens with one attached hydrogen (secondary N) is 2. The fourth-order valence-corrected chi connectivity index (χ4v) is 3.21. The van der Waals surface area contributed by atoms with Gasteiger partial charge in [-0.15, -0.1) is 0 Å². The van der Waals surface area contributed by atoms with Gasteiger partial charge in [0.1, 0.15) is 21.4 Å². The standard InChI is InChI=1S/C14H12N6O2S/c1-15-11-8-10(20(2)6-16-8)9-13(18-11)23-14(17-9)19-12(21)7-4-3-5-22-7/h3-6H,1-2H3,(H,15,18)(H,17,19,21). The van der Waals surface area contributed by atoms with Crippen molar-refractivity contribution in [3.8, 4) is 0 Å². The molecule has 0 fully saturated rings. The van der Waals surface area contributed by atoms with E-state index in [9.17, 15) is 4.79 Å². The van der Waals surface area contributed by atoms with Gasteiger partial charge in [-0.25, -0.2) is 15.0 Å². The van der Waals surface area contributed by atoms with E-state index >= 15 is 0 Å². The van der Waals surface area contributed by atoms with Gasteiger partial charge in [0, 0.05) is 14.1 Å². The van der Waals surface area contributed by atoms with Crippen LogP contribution in [-0.2, 0) is 7.05 Å². The van der Waals surface area contributed by atoms with Crippen LogP contribution in [0.4, 0.5) is 10.9 Å². The van der Waals surface area contributed by atoms with Gasteiger partial charge in [0.15, 0.2) is 16.7 Å². The third kappa shape index (κ3) is 2.13. The van der Waals surface area contributed by atoms with E-state index in [1.54, 1.807) is 25.5 Å². The molecule has 9 heteroatoms. The number of furan rings is 1. The molecule has 116 valence electrons. The van der Waals surface area contributed by atoms with Gasteiger partial charge in [0.25, 0.3) is 5.91 Å². The van der Waals surface area contributed by atoms with Crippen molar-refractivity contribution >= 4 is 49.6 Å². The summed E-state index contributed by atoms with van der Waals surface area (Å²) < 4.78 is 6.97. The highest BCUT2D eigenvalue weighted by Crippen LogP contribution is 2.33. The Morgan fingerprint density at radius 3 is 2.96 bits per heavy atom. The Balaban J connectivity index is 1.83. The first-order valence-electron chi connectivity index (χ1n) is 6.81. The van der Waals surface area contributed by atoms with Crippen molar-refractivity contribution in [1.29, 1.82) is 0 Å². The molecule has 0 radical (unpaired) electrons. The molecule has 0 aromatic carbocycles. The fourth-order valence-electron chi connectivity index (χ4n) is 2.37. The van der Waals surface area contributed by atoms with Crippen LogP contribution in [0.5, 0.6) is 0 Å². The quantitative estimate of drug-likeness (QED) is 0.599. The molecule has 2 N–H and O–H groups in total. The summed E-state index contributed by atoms with van der Waals surface area (Å²) in [4.78, 5) is 26.2. The van der Waals surface area contributed by atoms with Gasteiger partial charge in [-0.3, -0.25) is 10.1 Å². The van der Waals surface area contributed by atoms with Crippen molar-refractivity contribution < 1.29 is 9.21 Å². The number of anilines is 2. The Morgan fingerprint density at radius 2 is 2.22 bits per heavy atom. The van der Waals surface area contributed by atoms with Crippen LogP contribution < -0.4 is 10.6 Å². The second kappa shape index (κ2) is 5.06. The summed E-state index contributed by atoms with van der Waals surface area (Å²) in [5.41, 5.74) is 2.32. The average Bonchev–Trinajstić information content (AvgIpc) is 3.25. The van der Waals surface area contributed by atoms with Crippen molar-refractivity contribution in [3.63, 3.8) is 0 Å². The Labute approximate surface area is 134 Å². The molecule has 23 heavy (non-hydrogen) atoms. The maximum Gasteiger partial charge on any atom is 0.293 e. The lowest BCUT2D eigenvalue weighted by atomic mass is 10.3. The van der Waals surface area contributed by atoms with E-state index in [1.807, 2.05) is 11.6 Å². The van der Waals surface area contributed by atoms with Gasteiger partial charge in [-0.2, -0.15) is 0 Å². The third-order valence-electron chi connectivity index (χ3n) is 3.41. The minimum atomic E-state index is -0.343. The molecule has 4 aromatic rings. The smallest absolute Gasteiger partial charge is 0.293 e. The number of fused-ring (bicyclic) bond motifs is 3. The normalized spacial score (nSPS) is 11.2. The zero-order chi connectivity index (χ0) is 16.0. The monoisotopic (exact) mass is 328 g/mol. The predicted octanol–water partition coefficient (Wildman–Crippen LogP) is 2.47. The molecule has 0 saturated heterocycles. The number of aromatic nitrogens is 4. The molecular weight excluding hydrogens is 316 g/mol. The van der Waals surface area contributed by atoms with Gasteiger partial charge in [0.2, 0.25) is 0 Å². The first-order chi connectivity index (χ1) is 11.2. The number of carbonyl (C=O) groups excluding carboxylic acids is 1. The van der Waals surface area contributed by atoms with E-state index in [0.29, 0.717) is 16.5 Å². The van der Waals surface area contributed by atoms with Crippen LogP contribution in [0.25, 0.3) is 21.4 Å². The molecule has 0 unspecified atom stereocenters. The summed E-state index contributed by atoms with van der Waals surface area (Å²) in [6, 6.07) is 3.26. The molecular formula is C14H12N6O2S. The summed E-state index contributed by atoms with van der Waals surface area (Å²) in [5, 5.41) is 6.23. The number of imidazole rings is 1. The molecule has 4 aromatic heterocycles. The zero-order valence-corrected chi connectivity index (χ0v) is 13.1. The molecule has 4 heterocycles. The van der Waals surface area contributed by atoms with Crippen molar-refractivity contribution in [1.82, 2.24) is 19.5 Å². The molecule has 0 aliphatic carbocycles.